The van der Waals surface area contributed by atoms with Crippen molar-refractivity contribution in [3.8, 4) is 0 Å². The molecule has 2 atom stereocenters. The highest BCUT2D eigenvalue weighted by Crippen LogP contribution is 2.14. The minimum atomic E-state index is -0.0867. The molecule has 0 spiro atoms. The first-order chi connectivity index (χ1) is 9.20. The van der Waals surface area contributed by atoms with E-state index in [1.807, 2.05) is 44.3 Å². The molecular formula is C15H24ClN3O. The minimum absolute atomic E-state index is 0. The maximum atomic E-state index is 12.2. The highest BCUT2D eigenvalue weighted by molar-refractivity contribution is 5.94. The second kappa shape index (κ2) is 8.25. The summed E-state index contributed by atoms with van der Waals surface area (Å²) in [5, 5.41) is 6.27. The number of nitrogens with zero attached hydrogens (tertiary/aromatic N) is 1. The lowest BCUT2D eigenvalue weighted by Crippen LogP contribution is -2.51. The molecule has 0 bridgehead atoms. The number of hydrogen-bond donors (Lipinski definition) is 2. The second-order valence-electron chi connectivity index (χ2n) is 5.15. The zero-order valence-corrected chi connectivity index (χ0v) is 13.0. The van der Waals surface area contributed by atoms with Crippen LogP contribution in [0.25, 0.3) is 0 Å². The van der Waals surface area contributed by atoms with Gasteiger partial charge in [-0.2, -0.15) is 0 Å². The number of amides is 1. The van der Waals surface area contributed by atoms with Crippen LogP contribution in [0.1, 0.15) is 19.8 Å². The summed E-state index contributed by atoms with van der Waals surface area (Å²) in [6.07, 6.45) is 2.34. The predicted molar refractivity (Wildman–Crippen MR) is 85.4 cm³/mol. The van der Waals surface area contributed by atoms with E-state index in [0.717, 1.165) is 25.2 Å². The molecule has 5 heteroatoms. The molecule has 2 rings (SSSR count). The Hall–Kier alpha value is -1.10. The van der Waals surface area contributed by atoms with Gasteiger partial charge in [-0.1, -0.05) is 18.2 Å². The first-order valence-corrected chi connectivity index (χ1v) is 6.98. The van der Waals surface area contributed by atoms with Gasteiger partial charge in [0.2, 0.25) is 5.91 Å². The van der Waals surface area contributed by atoms with Gasteiger partial charge < -0.3 is 10.6 Å². The van der Waals surface area contributed by atoms with Crippen molar-refractivity contribution < 1.29 is 4.79 Å². The Bertz CT molecular complexity index is 413. The van der Waals surface area contributed by atoms with E-state index in [-0.39, 0.29) is 24.4 Å². The molecule has 2 unspecified atom stereocenters. The number of nitrogens with one attached hydrogen (secondary N) is 2. The molecule has 1 amide bonds. The van der Waals surface area contributed by atoms with Gasteiger partial charge in [-0.15, -0.1) is 12.4 Å². The number of para-hydroxylation sites is 1. The summed E-state index contributed by atoms with van der Waals surface area (Å²) >= 11 is 0. The highest BCUT2D eigenvalue weighted by Gasteiger charge is 2.26. The molecule has 1 heterocycles. The topological polar surface area (TPSA) is 44.4 Å². The Labute approximate surface area is 127 Å². The number of piperidine rings is 1. The van der Waals surface area contributed by atoms with E-state index in [1.165, 1.54) is 6.42 Å². The van der Waals surface area contributed by atoms with Gasteiger partial charge in [-0.3, -0.25) is 9.69 Å². The van der Waals surface area contributed by atoms with Crippen LogP contribution in [0.3, 0.4) is 0 Å². The van der Waals surface area contributed by atoms with Crippen LogP contribution >= 0.6 is 12.4 Å². The van der Waals surface area contributed by atoms with Crippen LogP contribution in [0.2, 0.25) is 0 Å². The molecule has 2 N–H and O–H groups in total. The third kappa shape index (κ3) is 4.47. The van der Waals surface area contributed by atoms with Gasteiger partial charge in [-0.25, -0.2) is 0 Å². The lowest BCUT2D eigenvalue weighted by Gasteiger charge is -2.35. The zero-order valence-electron chi connectivity index (χ0n) is 12.1. The van der Waals surface area contributed by atoms with Crippen molar-refractivity contribution in [2.75, 3.05) is 25.5 Å². The average Bonchev–Trinajstić information content (AvgIpc) is 2.47. The molecule has 0 aromatic heterocycles. The number of likely N-dealkylation sites (tertiary alicyclic amines) is 1. The van der Waals surface area contributed by atoms with Crippen molar-refractivity contribution in [3.63, 3.8) is 0 Å². The van der Waals surface area contributed by atoms with Crippen molar-refractivity contribution in [3.05, 3.63) is 30.3 Å². The Morgan fingerprint density at radius 3 is 2.70 bits per heavy atom. The molecule has 112 valence electrons. The largest absolute Gasteiger partial charge is 0.325 e. The summed E-state index contributed by atoms with van der Waals surface area (Å²) in [4.78, 5) is 14.5. The monoisotopic (exact) mass is 297 g/mol. The molecule has 1 aromatic carbocycles. The van der Waals surface area contributed by atoms with Crippen LogP contribution in [0.4, 0.5) is 5.69 Å². The molecular weight excluding hydrogens is 274 g/mol. The van der Waals surface area contributed by atoms with Crippen LogP contribution in [0, 0.1) is 0 Å². The number of hydrogen-bond acceptors (Lipinski definition) is 3. The van der Waals surface area contributed by atoms with Gasteiger partial charge >= 0.3 is 0 Å². The number of likely N-dealkylation sites (N-methyl/N-ethyl adjacent to an activating group) is 1. The molecule has 1 aliphatic heterocycles. The first-order valence-electron chi connectivity index (χ1n) is 6.98. The van der Waals surface area contributed by atoms with Crippen LogP contribution in [-0.2, 0) is 4.79 Å². The van der Waals surface area contributed by atoms with Gasteiger partial charge in [-0.05, 0) is 45.5 Å². The highest BCUT2D eigenvalue weighted by atomic mass is 35.5. The van der Waals surface area contributed by atoms with Crippen molar-refractivity contribution in [2.45, 2.75) is 31.8 Å². The number of carbonyl (C=O) groups is 1. The van der Waals surface area contributed by atoms with Gasteiger partial charge in [0.15, 0.2) is 0 Å². The van der Waals surface area contributed by atoms with Gasteiger partial charge in [0.25, 0.3) is 0 Å². The molecule has 0 saturated carbocycles. The SMILES string of the molecule is CNC1CCCN(C(C)C(=O)Nc2ccccc2)C1.Cl. The smallest absolute Gasteiger partial charge is 0.241 e. The van der Waals surface area contributed by atoms with E-state index >= 15 is 0 Å². The fraction of sp³-hybridized carbons (Fsp3) is 0.533. The third-order valence-electron chi connectivity index (χ3n) is 3.83. The van der Waals surface area contributed by atoms with E-state index in [9.17, 15) is 4.79 Å². The number of anilines is 1. The number of rotatable bonds is 4. The summed E-state index contributed by atoms with van der Waals surface area (Å²) in [5.41, 5.74) is 0.863. The number of halogens is 1. The van der Waals surface area contributed by atoms with Gasteiger partial charge in [0, 0.05) is 18.3 Å². The second-order valence-corrected chi connectivity index (χ2v) is 5.15. The first kappa shape index (κ1) is 17.0. The number of benzene rings is 1. The maximum Gasteiger partial charge on any atom is 0.241 e. The van der Waals surface area contributed by atoms with E-state index in [4.69, 9.17) is 0 Å². The predicted octanol–water partition coefficient (Wildman–Crippen LogP) is 2.12. The van der Waals surface area contributed by atoms with Gasteiger partial charge in [0.1, 0.15) is 0 Å². The Morgan fingerprint density at radius 2 is 2.05 bits per heavy atom. The molecule has 1 aromatic rings. The molecule has 0 aliphatic carbocycles. The average molecular weight is 298 g/mol. The zero-order chi connectivity index (χ0) is 13.7. The summed E-state index contributed by atoms with van der Waals surface area (Å²) in [5.74, 6) is 0.0722. The fourth-order valence-electron chi connectivity index (χ4n) is 2.53. The number of carbonyl (C=O) groups excluding carboxylic acids is 1. The minimum Gasteiger partial charge on any atom is -0.325 e. The van der Waals surface area contributed by atoms with Crippen LogP contribution in [-0.4, -0.2) is 43.0 Å². The van der Waals surface area contributed by atoms with Crippen molar-refractivity contribution in [1.29, 1.82) is 0 Å². The Kier molecular flexibility index (Phi) is 6.99. The maximum absolute atomic E-state index is 12.2. The van der Waals surface area contributed by atoms with Crippen LogP contribution in [0.15, 0.2) is 30.3 Å². The summed E-state index contributed by atoms with van der Waals surface area (Å²) in [6, 6.07) is 10.0. The van der Waals surface area contributed by atoms with Crippen molar-refractivity contribution in [2.24, 2.45) is 0 Å². The normalized spacial score (nSPS) is 20.8. The lowest BCUT2D eigenvalue weighted by atomic mass is 10.0. The third-order valence-corrected chi connectivity index (χ3v) is 3.83. The van der Waals surface area contributed by atoms with E-state index < -0.39 is 0 Å². The van der Waals surface area contributed by atoms with Crippen molar-refractivity contribution in [1.82, 2.24) is 10.2 Å². The summed E-state index contributed by atoms with van der Waals surface area (Å²) in [7, 11) is 1.99. The lowest BCUT2D eigenvalue weighted by molar-refractivity contribution is -0.121. The quantitative estimate of drug-likeness (QED) is 0.895. The Morgan fingerprint density at radius 1 is 1.35 bits per heavy atom. The molecule has 4 nitrogen and oxygen atoms in total. The van der Waals surface area contributed by atoms with E-state index in [2.05, 4.69) is 15.5 Å². The Balaban J connectivity index is 0.00000200. The molecule has 1 saturated heterocycles. The fourth-order valence-corrected chi connectivity index (χ4v) is 2.53. The molecule has 0 radical (unpaired) electrons. The van der Waals surface area contributed by atoms with E-state index in [1.54, 1.807) is 0 Å². The standard InChI is InChI=1S/C15H23N3O.ClH/c1-12(18-10-6-9-14(11-18)16-2)15(19)17-13-7-4-3-5-8-13;/h3-5,7-8,12,14,16H,6,9-11H2,1-2H3,(H,17,19);1H. The van der Waals surface area contributed by atoms with Crippen molar-refractivity contribution >= 4 is 24.0 Å². The van der Waals surface area contributed by atoms with Crippen LogP contribution in [0.5, 0.6) is 0 Å². The van der Waals surface area contributed by atoms with Gasteiger partial charge in [0.05, 0.1) is 6.04 Å². The molecule has 1 aliphatic rings. The van der Waals surface area contributed by atoms with Crippen LogP contribution < -0.4 is 10.6 Å². The molecule has 1 fully saturated rings. The van der Waals surface area contributed by atoms with E-state index in [0.29, 0.717) is 6.04 Å². The summed E-state index contributed by atoms with van der Waals surface area (Å²) < 4.78 is 0. The molecule has 20 heavy (non-hydrogen) atoms. The summed E-state index contributed by atoms with van der Waals surface area (Å²) in [6.45, 7) is 3.93.